The summed E-state index contributed by atoms with van der Waals surface area (Å²) in [4.78, 5) is 12.3. The number of hydrogen-bond donors (Lipinski definition) is 1. The van der Waals surface area contributed by atoms with Gasteiger partial charge in [0.1, 0.15) is 5.75 Å². The molecule has 8 heteroatoms. The SMILES string of the molecule is CCN(CC(=O)NC[C@H]1CCCO1)S(=O)(=O)c1ccc(OC)c(C)c1. The first-order chi connectivity index (χ1) is 11.9. The van der Waals surface area contributed by atoms with E-state index >= 15 is 0 Å². The van der Waals surface area contributed by atoms with Crippen molar-refractivity contribution in [3.8, 4) is 5.75 Å². The average Bonchev–Trinajstić information content (AvgIpc) is 3.11. The smallest absolute Gasteiger partial charge is 0.243 e. The third kappa shape index (κ3) is 4.93. The summed E-state index contributed by atoms with van der Waals surface area (Å²) < 4.78 is 37.4. The van der Waals surface area contributed by atoms with E-state index < -0.39 is 10.0 Å². The van der Waals surface area contributed by atoms with Gasteiger partial charge in [0.05, 0.1) is 24.7 Å². The van der Waals surface area contributed by atoms with Crippen LogP contribution in [0, 0.1) is 6.92 Å². The zero-order valence-electron chi connectivity index (χ0n) is 14.9. The van der Waals surface area contributed by atoms with Gasteiger partial charge in [-0.3, -0.25) is 4.79 Å². The fourth-order valence-electron chi connectivity index (χ4n) is 2.78. The van der Waals surface area contributed by atoms with Crippen LogP contribution >= 0.6 is 0 Å². The van der Waals surface area contributed by atoms with E-state index in [1.54, 1.807) is 26.0 Å². The molecular formula is C17H26N2O5S. The summed E-state index contributed by atoms with van der Waals surface area (Å²) in [6.45, 7) is 4.62. The average molecular weight is 370 g/mol. The molecule has 1 aromatic carbocycles. The van der Waals surface area contributed by atoms with Gasteiger partial charge in [0.25, 0.3) is 0 Å². The van der Waals surface area contributed by atoms with E-state index in [-0.39, 0.29) is 30.0 Å². The molecule has 140 valence electrons. The largest absolute Gasteiger partial charge is 0.496 e. The Morgan fingerprint density at radius 1 is 1.44 bits per heavy atom. The van der Waals surface area contributed by atoms with Crippen LogP contribution < -0.4 is 10.1 Å². The second kappa shape index (κ2) is 8.64. The quantitative estimate of drug-likeness (QED) is 0.746. The molecule has 2 rings (SSSR count). The van der Waals surface area contributed by atoms with Crippen LogP contribution in [-0.4, -0.2) is 58.1 Å². The summed E-state index contributed by atoms with van der Waals surface area (Å²) in [5.74, 6) is 0.294. The molecule has 1 N–H and O–H groups in total. The van der Waals surface area contributed by atoms with Gasteiger partial charge in [-0.1, -0.05) is 6.92 Å². The summed E-state index contributed by atoms with van der Waals surface area (Å²) in [5, 5.41) is 2.75. The van der Waals surface area contributed by atoms with Crippen LogP contribution in [0.1, 0.15) is 25.3 Å². The lowest BCUT2D eigenvalue weighted by Crippen LogP contribution is -2.42. The highest BCUT2D eigenvalue weighted by Gasteiger charge is 2.26. The van der Waals surface area contributed by atoms with Crippen LogP contribution in [0.5, 0.6) is 5.75 Å². The molecule has 0 saturated carbocycles. The van der Waals surface area contributed by atoms with E-state index in [0.29, 0.717) is 18.9 Å². The van der Waals surface area contributed by atoms with Gasteiger partial charge in [-0.05, 0) is 43.5 Å². The molecule has 0 bridgehead atoms. The molecule has 0 aromatic heterocycles. The number of methoxy groups -OCH3 is 1. The molecule has 0 unspecified atom stereocenters. The highest BCUT2D eigenvalue weighted by molar-refractivity contribution is 7.89. The van der Waals surface area contributed by atoms with Crippen molar-refractivity contribution in [2.75, 3.05) is 33.4 Å². The van der Waals surface area contributed by atoms with Crippen LogP contribution in [0.15, 0.2) is 23.1 Å². The molecule has 1 heterocycles. The van der Waals surface area contributed by atoms with E-state index in [9.17, 15) is 13.2 Å². The zero-order chi connectivity index (χ0) is 18.4. The molecule has 0 aliphatic carbocycles. The minimum Gasteiger partial charge on any atom is -0.496 e. The number of nitrogens with zero attached hydrogens (tertiary/aromatic N) is 1. The second-order valence-electron chi connectivity index (χ2n) is 6.00. The fourth-order valence-corrected chi connectivity index (χ4v) is 4.27. The van der Waals surface area contributed by atoms with Gasteiger partial charge in [0.2, 0.25) is 15.9 Å². The van der Waals surface area contributed by atoms with Crippen molar-refractivity contribution in [3.63, 3.8) is 0 Å². The maximum atomic E-state index is 12.8. The van der Waals surface area contributed by atoms with Gasteiger partial charge >= 0.3 is 0 Å². The van der Waals surface area contributed by atoms with E-state index in [4.69, 9.17) is 9.47 Å². The minimum atomic E-state index is -3.75. The van der Waals surface area contributed by atoms with Gasteiger partial charge in [-0.25, -0.2) is 8.42 Å². The highest BCUT2D eigenvalue weighted by Crippen LogP contribution is 2.23. The predicted molar refractivity (Wildman–Crippen MR) is 94.1 cm³/mol. The van der Waals surface area contributed by atoms with Gasteiger partial charge in [0, 0.05) is 19.7 Å². The summed E-state index contributed by atoms with van der Waals surface area (Å²) in [7, 11) is -2.21. The third-order valence-corrected chi connectivity index (χ3v) is 6.14. The van der Waals surface area contributed by atoms with Crippen molar-refractivity contribution in [1.29, 1.82) is 0 Å². The first-order valence-corrected chi connectivity index (χ1v) is 9.85. The summed E-state index contributed by atoms with van der Waals surface area (Å²) >= 11 is 0. The lowest BCUT2D eigenvalue weighted by molar-refractivity contribution is -0.121. The topological polar surface area (TPSA) is 84.9 Å². The van der Waals surface area contributed by atoms with Crippen molar-refractivity contribution in [3.05, 3.63) is 23.8 Å². The first-order valence-electron chi connectivity index (χ1n) is 8.41. The molecule has 1 amide bonds. The number of carbonyl (C=O) groups excluding carboxylic acids is 1. The van der Waals surface area contributed by atoms with Crippen LogP contribution in [-0.2, 0) is 19.6 Å². The Kier molecular flexibility index (Phi) is 6.80. The minimum absolute atomic E-state index is 0.0277. The Morgan fingerprint density at radius 3 is 2.76 bits per heavy atom. The third-order valence-electron chi connectivity index (χ3n) is 4.23. The number of carbonyl (C=O) groups is 1. The Bertz CT molecular complexity index is 699. The van der Waals surface area contributed by atoms with Crippen molar-refractivity contribution in [2.24, 2.45) is 0 Å². The molecule has 1 saturated heterocycles. The Balaban J connectivity index is 2.04. The standard InChI is InChI=1S/C17H26N2O5S/c1-4-19(12-17(20)18-11-14-6-5-9-24-14)25(21,22)15-7-8-16(23-3)13(2)10-15/h7-8,10,14H,4-6,9,11-12H2,1-3H3,(H,18,20)/t14-/m1/s1. The van der Waals surface area contributed by atoms with E-state index in [0.717, 1.165) is 18.4 Å². The number of sulfonamides is 1. The number of nitrogens with one attached hydrogen (secondary N) is 1. The maximum absolute atomic E-state index is 12.8. The molecule has 1 aliphatic heterocycles. The number of rotatable bonds is 8. The number of hydrogen-bond acceptors (Lipinski definition) is 5. The first kappa shape index (κ1) is 19.7. The maximum Gasteiger partial charge on any atom is 0.243 e. The Morgan fingerprint density at radius 2 is 2.20 bits per heavy atom. The van der Waals surface area contributed by atoms with Gasteiger partial charge in [-0.15, -0.1) is 0 Å². The molecule has 1 fully saturated rings. The van der Waals surface area contributed by atoms with Crippen molar-refractivity contribution in [2.45, 2.75) is 37.7 Å². The number of aryl methyl sites for hydroxylation is 1. The molecule has 0 spiro atoms. The lowest BCUT2D eigenvalue weighted by atomic mass is 10.2. The predicted octanol–water partition coefficient (Wildman–Crippen LogP) is 1.31. The molecule has 1 aliphatic rings. The Labute approximate surface area is 149 Å². The molecule has 1 aromatic rings. The molecule has 0 radical (unpaired) electrons. The lowest BCUT2D eigenvalue weighted by Gasteiger charge is -2.21. The van der Waals surface area contributed by atoms with E-state index in [1.807, 2.05) is 0 Å². The molecular weight excluding hydrogens is 344 g/mol. The molecule has 25 heavy (non-hydrogen) atoms. The van der Waals surface area contributed by atoms with Gasteiger partial charge in [0.15, 0.2) is 0 Å². The summed E-state index contributed by atoms with van der Waals surface area (Å²) in [6, 6.07) is 4.67. The highest BCUT2D eigenvalue weighted by atomic mass is 32.2. The molecule has 7 nitrogen and oxygen atoms in total. The van der Waals surface area contributed by atoms with Crippen LogP contribution in [0.3, 0.4) is 0 Å². The van der Waals surface area contributed by atoms with Gasteiger partial charge < -0.3 is 14.8 Å². The number of ether oxygens (including phenoxy) is 2. The zero-order valence-corrected chi connectivity index (χ0v) is 15.8. The van der Waals surface area contributed by atoms with Crippen molar-refractivity contribution < 1.29 is 22.7 Å². The van der Waals surface area contributed by atoms with E-state index in [2.05, 4.69) is 5.32 Å². The molecule has 1 atom stereocenters. The second-order valence-corrected chi connectivity index (χ2v) is 7.94. The number of likely N-dealkylation sites (N-methyl/N-ethyl adjacent to an activating group) is 1. The van der Waals surface area contributed by atoms with Crippen molar-refractivity contribution >= 4 is 15.9 Å². The number of benzene rings is 1. The van der Waals surface area contributed by atoms with Crippen LogP contribution in [0.4, 0.5) is 0 Å². The van der Waals surface area contributed by atoms with E-state index in [1.165, 1.54) is 17.5 Å². The number of amides is 1. The van der Waals surface area contributed by atoms with Crippen LogP contribution in [0.2, 0.25) is 0 Å². The van der Waals surface area contributed by atoms with Gasteiger partial charge in [-0.2, -0.15) is 4.31 Å². The van der Waals surface area contributed by atoms with Crippen molar-refractivity contribution in [1.82, 2.24) is 9.62 Å². The summed E-state index contributed by atoms with van der Waals surface area (Å²) in [5.41, 5.74) is 0.725. The van der Waals surface area contributed by atoms with Crippen LogP contribution in [0.25, 0.3) is 0 Å². The normalized spacial score (nSPS) is 17.7. The fraction of sp³-hybridized carbons (Fsp3) is 0.588. The monoisotopic (exact) mass is 370 g/mol. The summed E-state index contributed by atoms with van der Waals surface area (Å²) in [6.07, 6.45) is 1.94. The Hall–Kier alpha value is -1.64.